The van der Waals surface area contributed by atoms with Gasteiger partial charge >= 0.3 is 5.69 Å². The lowest BCUT2D eigenvalue weighted by molar-refractivity contribution is 0.249. The minimum atomic E-state index is -0.560. The molecule has 4 rings (SSSR count). The first-order valence-electron chi connectivity index (χ1n) is 10.2. The molecule has 7 heteroatoms. The Morgan fingerprint density at radius 2 is 1.97 bits per heavy atom. The third-order valence-electron chi connectivity index (χ3n) is 5.92. The zero-order valence-corrected chi connectivity index (χ0v) is 17.2. The summed E-state index contributed by atoms with van der Waals surface area (Å²) in [6, 6.07) is 7.63. The number of aromatic hydroxyl groups is 1. The van der Waals surface area contributed by atoms with E-state index in [2.05, 4.69) is 29.9 Å². The fourth-order valence-corrected chi connectivity index (χ4v) is 4.41. The zero-order valence-electron chi connectivity index (χ0n) is 17.2. The standard InChI is InChI=1S/C22H28N4O3/c1-13(2)7-6-11-26-21(28)17(20(27)24-22(26)29)19-18-15(10-12-25(19)3)14-8-4-5-9-16(14)23-18/h4-5,8-9,13,19,23,28H,6-7,10-12H2,1-3H3,(H,24,27,29). The van der Waals surface area contributed by atoms with Crippen LogP contribution in [0.25, 0.3) is 10.9 Å². The van der Waals surface area contributed by atoms with Crippen LogP contribution in [0.2, 0.25) is 0 Å². The number of nitrogens with zero attached hydrogens (tertiary/aromatic N) is 2. The molecule has 154 valence electrons. The highest BCUT2D eigenvalue weighted by molar-refractivity contribution is 5.85. The van der Waals surface area contributed by atoms with E-state index in [0.29, 0.717) is 12.5 Å². The summed E-state index contributed by atoms with van der Waals surface area (Å²) in [5.41, 5.74) is 2.22. The molecular formula is C22H28N4O3. The van der Waals surface area contributed by atoms with Crippen LogP contribution in [0.4, 0.5) is 0 Å². The second kappa shape index (κ2) is 7.55. The molecule has 2 aromatic heterocycles. The fraction of sp³-hybridized carbons (Fsp3) is 0.455. The lowest BCUT2D eigenvalue weighted by Gasteiger charge is -2.33. The van der Waals surface area contributed by atoms with E-state index in [-0.39, 0.29) is 11.4 Å². The van der Waals surface area contributed by atoms with Crippen LogP contribution < -0.4 is 11.2 Å². The Balaban J connectivity index is 1.84. The van der Waals surface area contributed by atoms with Crippen molar-refractivity contribution < 1.29 is 5.11 Å². The van der Waals surface area contributed by atoms with Crippen LogP contribution in [0.15, 0.2) is 33.9 Å². The first kappa shape index (κ1) is 19.5. The van der Waals surface area contributed by atoms with Gasteiger partial charge in [0.05, 0.1) is 6.04 Å². The van der Waals surface area contributed by atoms with Crippen molar-refractivity contribution in [2.45, 2.75) is 45.7 Å². The summed E-state index contributed by atoms with van der Waals surface area (Å²) in [7, 11) is 1.94. The first-order valence-corrected chi connectivity index (χ1v) is 10.2. The maximum atomic E-state index is 12.8. The number of likely N-dealkylation sites (N-methyl/N-ethyl adjacent to an activating group) is 1. The Hall–Kier alpha value is -2.80. The number of benzene rings is 1. The molecule has 0 saturated carbocycles. The van der Waals surface area contributed by atoms with Crippen LogP contribution in [0.1, 0.15) is 49.6 Å². The zero-order chi connectivity index (χ0) is 20.7. The predicted octanol–water partition coefficient (Wildman–Crippen LogP) is 2.74. The van der Waals surface area contributed by atoms with E-state index in [9.17, 15) is 14.7 Å². The van der Waals surface area contributed by atoms with E-state index >= 15 is 0 Å². The molecular weight excluding hydrogens is 368 g/mol. The van der Waals surface area contributed by atoms with Crippen LogP contribution in [0.5, 0.6) is 5.88 Å². The van der Waals surface area contributed by atoms with Gasteiger partial charge in [-0.05, 0) is 43.9 Å². The number of aromatic amines is 2. The Morgan fingerprint density at radius 3 is 2.72 bits per heavy atom. The summed E-state index contributed by atoms with van der Waals surface area (Å²) in [5.74, 6) is 0.277. The molecule has 0 aliphatic carbocycles. The van der Waals surface area contributed by atoms with E-state index in [1.165, 1.54) is 10.1 Å². The van der Waals surface area contributed by atoms with Gasteiger partial charge in [0.2, 0.25) is 5.88 Å². The molecule has 0 radical (unpaired) electrons. The molecule has 0 amide bonds. The summed E-state index contributed by atoms with van der Waals surface area (Å²) in [4.78, 5) is 33.1. The predicted molar refractivity (Wildman–Crippen MR) is 114 cm³/mol. The summed E-state index contributed by atoms with van der Waals surface area (Å²) in [6.07, 6.45) is 2.56. The summed E-state index contributed by atoms with van der Waals surface area (Å²) in [6.45, 7) is 5.37. The van der Waals surface area contributed by atoms with Crippen molar-refractivity contribution in [3.63, 3.8) is 0 Å². The summed E-state index contributed by atoms with van der Waals surface area (Å²) < 4.78 is 1.30. The van der Waals surface area contributed by atoms with Crippen molar-refractivity contribution in [1.82, 2.24) is 19.4 Å². The molecule has 3 heterocycles. The van der Waals surface area contributed by atoms with Crippen LogP contribution in [-0.2, 0) is 13.0 Å². The Morgan fingerprint density at radius 1 is 1.21 bits per heavy atom. The second-order valence-corrected chi connectivity index (χ2v) is 8.38. The molecule has 0 bridgehead atoms. The molecule has 0 fully saturated rings. The number of hydrogen-bond acceptors (Lipinski definition) is 4. The maximum absolute atomic E-state index is 12.8. The van der Waals surface area contributed by atoms with Crippen LogP contribution in [0.3, 0.4) is 0 Å². The number of H-pyrrole nitrogens is 2. The van der Waals surface area contributed by atoms with Gasteiger partial charge in [0, 0.05) is 29.7 Å². The number of rotatable bonds is 5. The lowest BCUT2D eigenvalue weighted by Crippen LogP contribution is -2.40. The number of para-hydroxylation sites is 1. The Bertz CT molecular complexity index is 1160. The second-order valence-electron chi connectivity index (χ2n) is 8.38. The largest absolute Gasteiger partial charge is 0.494 e. The van der Waals surface area contributed by atoms with Crippen LogP contribution in [-0.4, -0.2) is 38.1 Å². The van der Waals surface area contributed by atoms with E-state index in [4.69, 9.17) is 0 Å². The average molecular weight is 396 g/mol. The quantitative estimate of drug-likeness (QED) is 0.618. The Kier molecular flexibility index (Phi) is 5.08. The van der Waals surface area contributed by atoms with Gasteiger partial charge < -0.3 is 10.1 Å². The number of hydrogen-bond donors (Lipinski definition) is 3. The molecule has 0 spiro atoms. The van der Waals surface area contributed by atoms with E-state index in [1.807, 2.05) is 30.1 Å². The van der Waals surface area contributed by atoms with Gasteiger partial charge in [-0.15, -0.1) is 0 Å². The molecule has 0 saturated heterocycles. The van der Waals surface area contributed by atoms with Crippen molar-refractivity contribution in [3.05, 3.63) is 61.9 Å². The van der Waals surface area contributed by atoms with Crippen LogP contribution >= 0.6 is 0 Å². The first-order chi connectivity index (χ1) is 13.9. The van der Waals surface area contributed by atoms with Crippen molar-refractivity contribution in [3.8, 4) is 5.88 Å². The minimum Gasteiger partial charge on any atom is -0.494 e. The topological polar surface area (TPSA) is 94.1 Å². The molecule has 29 heavy (non-hydrogen) atoms. The molecule has 1 atom stereocenters. The molecule has 1 aromatic carbocycles. The van der Waals surface area contributed by atoms with E-state index in [1.54, 1.807) is 0 Å². The lowest BCUT2D eigenvalue weighted by atomic mass is 9.94. The summed E-state index contributed by atoms with van der Waals surface area (Å²) >= 11 is 0. The highest BCUT2D eigenvalue weighted by Crippen LogP contribution is 2.38. The third kappa shape index (κ3) is 3.40. The van der Waals surface area contributed by atoms with Gasteiger partial charge in [-0.2, -0.15) is 0 Å². The maximum Gasteiger partial charge on any atom is 0.331 e. The summed E-state index contributed by atoms with van der Waals surface area (Å²) in [5, 5.41) is 12.1. The van der Waals surface area contributed by atoms with Gasteiger partial charge in [0.15, 0.2) is 0 Å². The van der Waals surface area contributed by atoms with Gasteiger partial charge in [-0.25, -0.2) is 4.79 Å². The SMILES string of the molecule is CC(C)CCCn1c(O)c(C2c3[nH]c4ccccc4c3CCN2C)c(=O)[nH]c1=O. The molecule has 3 N–H and O–H groups in total. The molecule has 1 aliphatic rings. The molecule has 7 nitrogen and oxygen atoms in total. The fourth-order valence-electron chi connectivity index (χ4n) is 4.41. The number of nitrogens with one attached hydrogen (secondary N) is 2. The highest BCUT2D eigenvalue weighted by Gasteiger charge is 2.34. The van der Waals surface area contributed by atoms with Gasteiger partial charge in [-0.1, -0.05) is 32.0 Å². The molecule has 1 unspecified atom stereocenters. The van der Waals surface area contributed by atoms with E-state index in [0.717, 1.165) is 42.4 Å². The van der Waals surface area contributed by atoms with Crippen molar-refractivity contribution in [1.29, 1.82) is 0 Å². The monoisotopic (exact) mass is 396 g/mol. The smallest absolute Gasteiger partial charge is 0.331 e. The average Bonchev–Trinajstić information content (AvgIpc) is 3.04. The van der Waals surface area contributed by atoms with Gasteiger partial charge in [-0.3, -0.25) is 19.2 Å². The normalized spacial score (nSPS) is 17.2. The van der Waals surface area contributed by atoms with Gasteiger partial charge in [0.25, 0.3) is 5.56 Å². The molecule has 1 aliphatic heterocycles. The number of aromatic nitrogens is 3. The Labute approximate surface area is 169 Å². The van der Waals surface area contributed by atoms with Crippen molar-refractivity contribution >= 4 is 10.9 Å². The number of fused-ring (bicyclic) bond motifs is 3. The minimum absolute atomic E-state index is 0.226. The van der Waals surface area contributed by atoms with Crippen molar-refractivity contribution in [2.24, 2.45) is 5.92 Å². The van der Waals surface area contributed by atoms with E-state index < -0.39 is 17.3 Å². The van der Waals surface area contributed by atoms with Crippen molar-refractivity contribution in [2.75, 3.05) is 13.6 Å². The van der Waals surface area contributed by atoms with Crippen LogP contribution in [0, 0.1) is 5.92 Å². The molecule has 3 aromatic rings. The van der Waals surface area contributed by atoms with Gasteiger partial charge in [0.1, 0.15) is 5.56 Å². The highest BCUT2D eigenvalue weighted by atomic mass is 16.3. The third-order valence-corrected chi connectivity index (χ3v) is 5.92.